The lowest BCUT2D eigenvalue weighted by atomic mass is 10.00. The molecule has 256 valence electrons. The Labute approximate surface area is 280 Å². The minimum absolute atomic E-state index is 0.0492. The molecule has 2 aromatic rings. The van der Waals surface area contributed by atoms with Gasteiger partial charge >= 0.3 is 0 Å². The molecule has 46 heavy (non-hydrogen) atoms. The molecule has 2 atom stereocenters. The van der Waals surface area contributed by atoms with E-state index in [2.05, 4.69) is 74.4 Å². The number of carbonyl (C=O) groups excluding carboxylic acids is 2. The van der Waals surface area contributed by atoms with Gasteiger partial charge in [0, 0.05) is 24.9 Å². The molecule has 7 heteroatoms. The summed E-state index contributed by atoms with van der Waals surface area (Å²) in [6.07, 6.45) is 12.2. The molecule has 7 nitrogen and oxygen atoms in total. The minimum atomic E-state index is -0.0492. The number of carbonyl (C=O) groups is 2. The van der Waals surface area contributed by atoms with Gasteiger partial charge in [-0.05, 0) is 108 Å². The van der Waals surface area contributed by atoms with Gasteiger partial charge in [0.1, 0.15) is 0 Å². The first-order valence-corrected chi connectivity index (χ1v) is 18.0. The van der Waals surface area contributed by atoms with Crippen molar-refractivity contribution in [1.29, 1.82) is 0 Å². The number of amides is 2. The van der Waals surface area contributed by atoms with Crippen molar-refractivity contribution in [2.75, 3.05) is 63.6 Å². The van der Waals surface area contributed by atoms with Crippen molar-refractivity contribution in [3.05, 3.63) is 58.7 Å². The Morgan fingerprint density at radius 1 is 0.783 bits per heavy atom. The fourth-order valence-corrected chi connectivity index (χ4v) is 7.20. The number of likely N-dealkylation sites (tertiary alicyclic amines) is 1. The molecule has 0 bridgehead atoms. The van der Waals surface area contributed by atoms with Crippen LogP contribution in [0.25, 0.3) is 0 Å². The third kappa shape index (κ3) is 11.8. The summed E-state index contributed by atoms with van der Waals surface area (Å²) >= 11 is 0. The summed E-state index contributed by atoms with van der Waals surface area (Å²) in [5.74, 6) is 0.253. The highest BCUT2D eigenvalue weighted by Gasteiger charge is 2.31. The van der Waals surface area contributed by atoms with Crippen LogP contribution in [0.1, 0.15) is 99.8 Å². The topological polar surface area (TPSA) is 70.7 Å². The second kappa shape index (κ2) is 19.8. The first kappa shape index (κ1) is 37.7. The Kier molecular flexibility index (Phi) is 16.2. The van der Waals surface area contributed by atoms with Crippen molar-refractivity contribution >= 4 is 23.2 Å². The third-order valence-corrected chi connectivity index (χ3v) is 9.91. The maximum absolute atomic E-state index is 13.6. The van der Waals surface area contributed by atoms with E-state index in [0.29, 0.717) is 6.54 Å². The highest BCUT2D eigenvalue weighted by Crippen LogP contribution is 2.24. The quantitative estimate of drug-likeness (QED) is 0.114. The predicted octanol–water partition coefficient (Wildman–Crippen LogP) is 7.96. The van der Waals surface area contributed by atoms with Gasteiger partial charge in [-0.15, -0.1) is 0 Å². The Balaban J connectivity index is 1.56. The van der Waals surface area contributed by atoms with E-state index >= 15 is 0 Å². The highest BCUT2D eigenvalue weighted by molar-refractivity contribution is 5.96. The van der Waals surface area contributed by atoms with E-state index < -0.39 is 0 Å². The van der Waals surface area contributed by atoms with Crippen molar-refractivity contribution in [2.24, 2.45) is 0 Å². The molecule has 0 aliphatic carbocycles. The van der Waals surface area contributed by atoms with E-state index in [1.165, 1.54) is 12.8 Å². The molecule has 1 aliphatic rings. The van der Waals surface area contributed by atoms with Gasteiger partial charge in [-0.25, -0.2) is 0 Å². The lowest BCUT2D eigenvalue weighted by Crippen LogP contribution is -2.54. The molecule has 0 radical (unpaired) electrons. The molecule has 2 N–H and O–H groups in total. The number of hydrogen-bond donors (Lipinski definition) is 2. The summed E-state index contributed by atoms with van der Waals surface area (Å²) in [7, 11) is 1.76. The van der Waals surface area contributed by atoms with E-state index in [1.807, 2.05) is 12.1 Å². The van der Waals surface area contributed by atoms with Crippen LogP contribution in [0.15, 0.2) is 36.4 Å². The summed E-state index contributed by atoms with van der Waals surface area (Å²) in [6.45, 7) is 16.7. The largest absolute Gasteiger partial charge is 0.384 e. The molecule has 1 aliphatic heterocycles. The van der Waals surface area contributed by atoms with Crippen LogP contribution in [0, 0.1) is 27.7 Å². The average molecular weight is 636 g/mol. The van der Waals surface area contributed by atoms with Crippen LogP contribution in [0.2, 0.25) is 0 Å². The summed E-state index contributed by atoms with van der Waals surface area (Å²) in [5.41, 5.74) is 6.36. The summed E-state index contributed by atoms with van der Waals surface area (Å²) < 4.78 is 6.26. The smallest absolute Gasteiger partial charge is 0.279 e. The normalized spacial score (nSPS) is 16.6. The maximum Gasteiger partial charge on any atom is 0.279 e. The molecule has 2 amide bonds. The Hall–Kier alpha value is -2.74. The van der Waals surface area contributed by atoms with Gasteiger partial charge in [0.15, 0.2) is 6.54 Å². The van der Waals surface area contributed by atoms with Crippen LogP contribution < -0.4 is 10.6 Å². The van der Waals surface area contributed by atoms with Gasteiger partial charge in [-0.3, -0.25) is 14.5 Å². The number of quaternary nitrogens is 1. The van der Waals surface area contributed by atoms with E-state index in [4.69, 9.17) is 4.74 Å². The molecule has 0 saturated carbocycles. The maximum atomic E-state index is 13.6. The van der Waals surface area contributed by atoms with Gasteiger partial charge in [0.05, 0.1) is 32.3 Å². The Morgan fingerprint density at radius 2 is 1.35 bits per heavy atom. The second-order valence-electron chi connectivity index (χ2n) is 13.8. The molecule has 0 spiro atoms. The van der Waals surface area contributed by atoms with E-state index in [9.17, 15) is 9.59 Å². The molecular formula is C39H63N4O3+. The lowest BCUT2D eigenvalue weighted by Gasteiger charge is -2.39. The molecule has 3 rings (SSSR count). The molecule has 1 heterocycles. The van der Waals surface area contributed by atoms with E-state index in [1.54, 1.807) is 7.11 Å². The zero-order valence-electron chi connectivity index (χ0n) is 29.9. The molecular weight excluding hydrogens is 572 g/mol. The zero-order chi connectivity index (χ0) is 33.4. The van der Waals surface area contributed by atoms with Crippen molar-refractivity contribution in [1.82, 2.24) is 4.90 Å². The third-order valence-electron chi connectivity index (χ3n) is 9.91. The number of benzene rings is 2. The van der Waals surface area contributed by atoms with E-state index in [0.717, 1.165) is 135 Å². The number of para-hydroxylation sites is 2. The van der Waals surface area contributed by atoms with E-state index in [-0.39, 0.29) is 17.9 Å². The molecule has 2 unspecified atom stereocenters. The molecule has 2 aromatic carbocycles. The summed E-state index contributed by atoms with van der Waals surface area (Å²) in [6, 6.07) is 12.3. The number of ether oxygens (including phenoxy) is 1. The minimum Gasteiger partial charge on any atom is -0.384 e. The number of aryl methyl sites for hydroxylation is 4. The summed E-state index contributed by atoms with van der Waals surface area (Å²) in [4.78, 5) is 29.4. The SMILES string of the molecule is CCCCC[N+](CCCCCCN1CCCCC1C(=O)Nc1c(C)cccc1C)(CCCOC)CC(=O)Nc1c(C)cccc1C. The zero-order valence-corrected chi connectivity index (χ0v) is 29.9. The van der Waals surface area contributed by atoms with Crippen molar-refractivity contribution in [3.8, 4) is 0 Å². The number of hydrogen-bond acceptors (Lipinski definition) is 4. The monoisotopic (exact) mass is 635 g/mol. The van der Waals surface area contributed by atoms with Crippen molar-refractivity contribution in [2.45, 2.75) is 111 Å². The van der Waals surface area contributed by atoms with Crippen LogP contribution in [-0.4, -0.2) is 80.2 Å². The fraction of sp³-hybridized carbons (Fsp3) is 0.641. The second-order valence-corrected chi connectivity index (χ2v) is 13.8. The van der Waals surface area contributed by atoms with Crippen LogP contribution >= 0.6 is 0 Å². The van der Waals surface area contributed by atoms with Crippen LogP contribution in [-0.2, 0) is 14.3 Å². The van der Waals surface area contributed by atoms with Gasteiger partial charge < -0.3 is 19.9 Å². The first-order valence-electron chi connectivity index (χ1n) is 18.0. The van der Waals surface area contributed by atoms with Crippen LogP contribution in [0.4, 0.5) is 11.4 Å². The van der Waals surface area contributed by atoms with Gasteiger partial charge in [0.2, 0.25) is 5.91 Å². The lowest BCUT2D eigenvalue weighted by molar-refractivity contribution is -0.921. The Bertz CT molecular complexity index is 1180. The van der Waals surface area contributed by atoms with Gasteiger partial charge in [0.25, 0.3) is 5.91 Å². The number of rotatable bonds is 20. The van der Waals surface area contributed by atoms with Crippen molar-refractivity contribution in [3.63, 3.8) is 0 Å². The standard InChI is InChI=1S/C39H62N4O3/c1-7-8-14-26-43(28-18-29-46-6,30-36(44)40-37-31(2)19-16-20-32(37)3)27-15-10-9-12-24-42-25-13-11-23-35(42)39(45)41-38-33(4)21-17-22-34(38)5/h16-17,19-22,35H,7-15,18,23-30H2,1-6H3,(H-,40,41,44,45)/p+1. The Morgan fingerprint density at radius 3 is 1.96 bits per heavy atom. The highest BCUT2D eigenvalue weighted by atomic mass is 16.5. The number of methoxy groups -OCH3 is 1. The van der Waals surface area contributed by atoms with Crippen LogP contribution in [0.5, 0.6) is 0 Å². The van der Waals surface area contributed by atoms with Crippen LogP contribution in [0.3, 0.4) is 0 Å². The number of piperidine rings is 1. The molecule has 1 saturated heterocycles. The van der Waals surface area contributed by atoms with Crippen molar-refractivity contribution < 1.29 is 18.8 Å². The molecule has 1 fully saturated rings. The fourth-order valence-electron chi connectivity index (χ4n) is 7.20. The van der Waals surface area contributed by atoms with Gasteiger partial charge in [-0.1, -0.05) is 62.6 Å². The summed E-state index contributed by atoms with van der Waals surface area (Å²) in [5, 5.41) is 6.53. The predicted molar refractivity (Wildman–Crippen MR) is 193 cm³/mol. The number of nitrogens with one attached hydrogen (secondary N) is 2. The average Bonchev–Trinajstić information content (AvgIpc) is 3.03. The molecule has 0 aromatic heterocycles. The number of anilines is 2. The number of unbranched alkanes of at least 4 members (excludes halogenated alkanes) is 5. The first-order chi connectivity index (χ1) is 22.2. The number of nitrogens with zero attached hydrogens (tertiary/aromatic N) is 2. The van der Waals surface area contributed by atoms with Gasteiger partial charge in [-0.2, -0.15) is 0 Å².